The average molecular weight is 279 g/mol. The molecular weight excluding hydrogens is 262 g/mol. The van der Waals surface area contributed by atoms with Crippen molar-refractivity contribution in [3.05, 3.63) is 23.8 Å². The number of aromatic hydroxyl groups is 2. The van der Waals surface area contributed by atoms with Crippen LogP contribution in [0.3, 0.4) is 0 Å². The Labute approximate surface area is 116 Å². The SMILES string of the molecule is CN(Cc1ccc(O)cc1O)CC1(C(=O)O)CC1C=O. The molecule has 1 aliphatic carbocycles. The van der Waals surface area contributed by atoms with Crippen LogP contribution in [0.15, 0.2) is 18.2 Å². The van der Waals surface area contributed by atoms with Gasteiger partial charge in [-0.15, -0.1) is 0 Å². The van der Waals surface area contributed by atoms with E-state index in [1.54, 1.807) is 18.0 Å². The number of nitrogens with zero attached hydrogens (tertiary/aromatic N) is 1. The van der Waals surface area contributed by atoms with Gasteiger partial charge < -0.3 is 25.0 Å². The molecule has 1 aromatic rings. The largest absolute Gasteiger partial charge is 0.508 e. The first-order valence-electron chi connectivity index (χ1n) is 6.27. The van der Waals surface area contributed by atoms with Crippen molar-refractivity contribution in [1.29, 1.82) is 0 Å². The molecule has 0 aromatic heterocycles. The maximum absolute atomic E-state index is 11.3. The molecule has 2 rings (SSSR count). The van der Waals surface area contributed by atoms with E-state index < -0.39 is 17.3 Å². The molecule has 0 aliphatic heterocycles. The molecule has 1 aliphatic rings. The standard InChI is InChI=1S/C14H17NO5/c1-15(6-9-2-3-11(17)4-12(9)18)8-14(13(19)20)5-10(14)7-16/h2-4,7,10,17-18H,5-6,8H2,1H3,(H,19,20). The quantitative estimate of drug-likeness (QED) is 0.667. The number of rotatable bonds is 6. The number of phenols is 2. The zero-order valence-electron chi connectivity index (χ0n) is 11.1. The van der Waals surface area contributed by atoms with Gasteiger partial charge in [-0.1, -0.05) is 6.07 Å². The summed E-state index contributed by atoms with van der Waals surface area (Å²) in [6, 6.07) is 4.28. The van der Waals surface area contributed by atoms with E-state index in [4.69, 9.17) is 0 Å². The van der Waals surface area contributed by atoms with Gasteiger partial charge in [0.1, 0.15) is 17.8 Å². The van der Waals surface area contributed by atoms with E-state index in [-0.39, 0.29) is 18.0 Å². The summed E-state index contributed by atoms with van der Waals surface area (Å²) in [6.45, 7) is 0.582. The number of hydrogen-bond donors (Lipinski definition) is 3. The molecule has 0 saturated heterocycles. The third-order valence-corrected chi connectivity index (χ3v) is 3.79. The number of carboxylic acids is 1. The summed E-state index contributed by atoms with van der Waals surface area (Å²) < 4.78 is 0. The van der Waals surface area contributed by atoms with Crippen LogP contribution >= 0.6 is 0 Å². The van der Waals surface area contributed by atoms with E-state index in [0.717, 1.165) is 0 Å². The minimum absolute atomic E-state index is 0.0286. The molecule has 6 nitrogen and oxygen atoms in total. The van der Waals surface area contributed by atoms with Gasteiger partial charge in [-0.05, 0) is 19.5 Å². The van der Waals surface area contributed by atoms with Gasteiger partial charge in [0.2, 0.25) is 0 Å². The molecule has 1 saturated carbocycles. The topological polar surface area (TPSA) is 98.1 Å². The smallest absolute Gasteiger partial charge is 0.311 e. The maximum Gasteiger partial charge on any atom is 0.311 e. The van der Waals surface area contributed by atoms with Crippen LogP contribution in [-0.2, 0) is 16.1 Å². The van der Waals surface area contributed by atoms with E-state index in [9.17, 15) is 24.9 Å². The molecule has 6 heteroatoms. The molecule has 0 amide bonds. The molecule has 20 heavy (non-hydrogen) atoms. The van der Waals surface area contributed by atoms with E-state index in [1.165, 1.54) is 12.1 Å². The lowest BCUT2D eigenvalue weighted by atomic mass is 10.0. The minimum atomic E-state index is -0.997. The van der Waals surface area contributed by atoms with Crippen LogP contribution in [0.2, 0.25) is 0 Å². The molecule has 1 fully saturated rings. The molecule has 0 radical (unpaired) electrons. The van der Waals surface area contributed by atoms with Crippen LogP contribution in [0, 0.1) is 11.3 Å². The van der Waals surface area contributed by atoms with Crippen molar-refractivity contribution in [2.24, 2.45) is 11.3 Å². The lowest BCUT2D eigenvalue weighted by molar-refractivity contribution is -0.145. The predicted molar refractivity (Wildman–Crippen MR) is 70.3 cm³/mol. The zero-order valence-corrected chi connectivity index (χ0v) is 11.1. The predicted octanol–water partition coefficient (Wildman–Crippen LogP) is 0.819. The molecule has 0 heterocycles. The van der Waals surface area contributed by atoms with Crippen LogP contribution in [0.1, 0.15) is 12.0 Å². The van der Waals surface area contributed by atoms with E-state index in [1.807, 2.05) is 0 Å². The van der Waals surface area contributed by atoms with Crippen LogP contribution in [0.5, 0.6) is 11.5 Å². The average Bonchev–Trinajstić information content (AvgIpc) is 3.07. The summed E-state index contributed by atoms with van der Waals surface area (Å²) in [5, 5.41) is 28.2. The van der Waals surface area contributed by atoms with Crippen LogP contribution in [0.4, 0.5) is 0 Å². The summed E-state index contributed by atoms with van der Waals surface area (Å²) in [5.74, 6) is -1.46. The van der Waals surface area contributed by atoms with Crippen molar-refractivity contribution in [2.75, 3.05) is 13.6 Å². The monoisotopic (exact) mass is 279 g/mol. The van der Waals surface area contributed by atoms with Crippen LogP contribution < -0.4 is 0 Å². The first-order valence-corrected chi connectivity index (χ1v) is 6.27. The highest BCUT2D eigenvalue weighted by molar-refractivity contribution is 5.85. The van der Waals surface area contributed by atoms with E-state index in [2.05, 4.69) is 0 Å². The third-order valence-electron chi connectivity index (χ3n) is 3.79. The molecule has 108 valence electrons. The van der Waals surface area contributed by atoms with Gasteiger partial charge in [-0.25, -0.2) is 0 Å². The summed E-state index contributed by atoms with van der Waals surface area (Å²) in [7, 11) is 1.73. The van der Waals surface area contributed by atoms with Crippen LogP contribution in [-0.4, -0.2) is 46.1 Å². The number of aldehydes is 1. The highest BCUT2D eigenvalue weighted by Crippen LogP contribution is 2.52. The number of carbonyl (C=O) groups is 2. The Morgan fingerprint density at radius 3 is 2.70 bits per heavy atom. The number of aliphatic carboxylic acids is 1. The van der Waals surface area contributed by atoms with Gasteiger partial charge in [0.25, 0.3) is 0 Å². The fourth-order valence-corrected chi connectivity index (χ4v) is 2.52. The van der Waals surface area contributed by atoms with Crippen molar-refractivity contribution in [1.82, 2.24) is 4.90 Å². The van der Waals surface area contributed by atoms with Gasteiger partial charge in [-0.3, -0.25) is 4.79 Å². The first-order chi connectivity index (χ1) is 9.39. The molecule has 0 bridgehead atoms. The summed E-state index contributed by atoms with van der Waals surface area (Å²) in [4.78, 5) is 23.8. The Kier molecular flexibility index (Phi) is 3.67. The second-order valence-electron chi connectivity index (χ2n) is 5.39. The van der Waals surface area contributed by atoms with Gasteiger partial charge >= 0.3 is 5.97 Å². The van der Waals surface area contributed by atoms with Gasteiger partial charge in [0, 0.05) is 30.6 Å². The number of benzene rings is 1. The van der Waals surface area contributed by atoms with Gasteiger partial charge in [-0.2, -0.15) is 0 Å². The van der Waals surface area contributed by atoms with E-state index in [0.29, 0.717) is 24.8 Å². The Morgan fingerprint density at radius 2 is 2.20 bits per heavy atom. The zero-order chi connectivity index (χ0) is 14.9. The fourth-order valence-electron chi connectivity index (χ4n) is 2.52. The Hall–Kier alpha value is -2.08. The summed E-state index contributed by atoms with van der Waals surface area (Å²) in [6.07, 6.45) is 1.05. The Morgan fingerprint density at radius 1 is 1.50 bits per heavy atom. The second kappa shape index (κ2) is 5.13. The highest BCUT2D eigenvalue weighted by atomic mass is 16.4. The summed E-state index contributed by atoms with van der Waals surface area (Å²) in [5.41, 5.74) is -0.405. The number of hydrogen-bond acceptors (Lipinski definition) is 5. The number of carboxylic acid groups (broad SMARTS) is 1. The Bertz CT molecular complexity index is 544. The van der Waals surface area contributed by atoms with Gasteiger partial charge in [0.05, 0.1) is 5.41 Å². The highest BCUT2D eigenvalue weighted by Gasteiger charge is 2.60. The second-order valence-corrected chi connectivity index (χ2v) is 5.39. The number of phenolic OH excluding ortho intramolecular Hbond substituents is 2. The van der Waals surface area contributed by atoms with Crippen molar-refractivity contribution in [3.63, 3.8) is 0 Å². The normalized spacial score (nSPS) is 24.6. The maximum atomic E-state index is 11.3. The molecule has 3 N–H and O–H groups in total. The molecule has 2 atom stereocenters. The van der Waals surface area contributed by atoms with Crippen molar-refractivity contribution in [3.8, 4) is 11.5 Å². The van der Waals surface area contributed by atoms with E-state index >= 15 is 0 Å². The molecule has 1 aromatic carbocycles. The lowest BCUT2D eigenvalue weighted by Crippen LogP contribution is -2.33. The summed E-state index contributed by atoms with van der Waals surface area (Å²) >= 11 is 0. The Balaban J connectivity index is 2.04. The van der Waals surface area contributed by atoms with Gasteiger partial charge in [0.15, 0.2) is 0 Å². The lowest BCUT2D eigenvalue weighted by Gasteiger charge is -2.22. The third kappa shape index (κ3) is 2.60. The fraction of sp³-hybridized carbons (Fsp3) is 0.429. The van der Waals surface area contributed by atoms with Crippen molar-refractivity contribution in [2.45, 2.75) is 13.0 Å². The van der Waals surface area contributed by atoms with Crippen molar-refractivity contribution < 1.29 is 24.9 Å². The minimum Gasteiger partial charge on any atom is -0.508 e. The molecule has 0 spiro atoms. The van der Waals surface area contributed by atoms with Crippen LogP contribution in [0.25, 0.3) is 0 Å². The molecule has 2 unspecified atom stereocenters. The molecular formula is C14H17NO5. The number of carbonyl (C=O) groups excluding carboxylic acids is 1. The van der Waals surface area contributed by atoms with Crippen molar-refractivity contribution >= 4 is 12.3 Å². The first kappa shape index (κ1) is 14.3.